The average Bonchev–Trinajstić information content (AvgIpc) is 2.20. The Hall–Kier alpha value is -1.92. The predicted octanol–water partition coefficient (Wildman–Crippen LogP) is 1.48. The summed E-state index contributed by atoms with van der Waals surface area (Å²) in [5.74, 6) is -2.09. The van der Waals surface area contributed by atoms with Gasteiger partial charge in [0.25, 0.3) is 6.43 Å². The Morgan fingerprint density at radius 1 is 1.69 bits per heavy atom. The van der Waals surface area contributed by atoms with E-state index in [2.05, 4.69) is 9.72 Å². The molecule has 7 heteroatoms. The number of esters is 1. The van der Waals surface area contributed by atoms with Gasteiger partial charge in [0.1, 0.15) is 11.6 Å². The van der Waals surface area contributed by atoms with Gasteiger partial charge in [-0.25, -0.2) is 18.6 Å². The molecule has 88 valence electrons. The molecule has 5 nitrogen and oxygen atoms in total. The predicted molar refractivity (Wildman–Crippen MR) is 51.2 cm³/mol. The first kappa shape index (κ1) is 12.2. The molecule has 0 aliphatic rings. The van der Waals surface area contributed by atoms with Crippen LogP contribution in [0.25, 0.3) is 0 Å². The molecule has 0 aliphatic heterocycles. The lowest BCUT2D eigenvalue weighted by atomic mass is 10.2. The largest absolute Gasteiger partial charge is 0.505 e. The number of rotatable bonds is 3. The van der Waals surface area contributed by atoms with Gasteiger partial charge in [0.05, 0.1) is 12.2 Å². The molecule has 0 aliphatic carbocycles. The van der Waals surface area contributed by atoms with Crippen molar-refractivity contribution in [3.63, 3.8) is 0 Å². The van der Waals surface area contributed by atoms with E-state index in [9.17, 15) is 18.7 Å². The average molecular weight is 232 g/mol. The van der Waals surface area contributed by atoms with E-state index in [1.807, 2.05) is 0 Å². The highest BCUT2D eigenvalue weighted by Crippen LogP contribution is 2.29. The fraction of sp³-hybridized carbons (Fsp3) is 0.333. The second kappa shape index (κ2) is 4.73. The van der Waals surface area contributed by atoms with Crippen molar-refractivity contribution in [2.45, 2.75) is 13.3 Å². The van der Waals surface area contributed by atoms with Gasteiger partial charge in [0.2, 0.25) is 0 Å². The molecule has 1 heterocycles. The molecule has 16 heavy (non-hydrogen) atoms. The number of hydrogen-bond acceptors (Lipinski definition) is 5. The number of carbonyl (C=O) groups is 1. The number of nitrogens with zero attached hydrogens (tertiary/aromatic N) is 1. The molecular formula is C9H10F2N2O3. The van der Waals surface area contributed by atoms with Crippen LogP contribution in [0.3, 0.4) is 0 Å². The Kier molecular flexibility index (Phi) is 3.60. The maximum atomic E-state index is 12.3. The summed E-state index contributed by atoms with van der Waals surface area (Å²) in [6, 6.07) is 0.708. The third-order valence-corrected chi connectivity index (χ3v) is 1.77. The number of halogens is 2. The lowest BCUT2D eigenvalue weighted by Gasteiger charge is -2.08. The van der Waals surface area contributed by atoms with Crippen molar-refractivity contribution in [1.82, 2.24) is 4.98 Å². The van der Waals surface area contributed by atoms with Crippen molar-refractivity contribution in [2.75, 3.05) is 12.3 Å². The van der Waals surface area contributed by atoms with E-state index in [1.54, 1.807) is 6.92 Å². The minimum atomic E-state index is -2.87. The number of anilines is 1. The van der Waals surface area contributed by atoms with Crippen LogP contribution in [-0.4, -0.2) is 22.7 Å². The van der Waals surface area contributed by atoms with Gasteiger partial charge in [-0.1, -0.05) is 0 Å². The van der Waals surface area contributed by atoms with Crippen LogP contribution in [0.2, 0.25) is 0 Å². The summed E-state index contributed by atoms with van der Waals surface area (Å²) in [5, 5.41) is 9.31. The first-order chi connectivity index (χ1) is 7.47. The van der Waals surface area contributed by atoms with Crippen molar-refractivity contribution < 1.29 is 23.4 Å². The molecule has 1 aromatic rings. The van der Waals surface area contributed by atoms with Crippen molar-refractivity contribution in [1.29, 1.82) is 0 Å². The normalized spacial score (nSPS) is 10.5. The van der Waals surface area contributed by atoms with E-state index < -0.39 is 35.2 Å². The zero-order chi connectivity index (χ0) is 12.3. The number of hydrogen-bond donors (Lipinski definition) is 2. The second-order valence-corrected chi connectivity index (χ2v) is 2.85. The minimum absolute atomic E-state index is 0.0798. The second-order valence-electron chi connectivity index (χ2n) is 2.85. The Morgan fingerprint density at radius 2 is 2.31 bits per heavy atom. The molecule has 0 bridgehead atoms. The molecule has 0 saturated carbocycles. The van der Waals surface area contributed by atoms with Crippen LogP contribution in [0.15, 0.2) is 6.07 Å². The Balaban J connectivity index is 3.15. The number of nitrogens with two attached hydrogens (primary N) is 1. The van der Waals surface area contributed by atoms with Crippen LogP contribution in [0.4, 0.5) is 14.6 Å². The van der Waals surface area contributed by atoms with Gasteiger partial charge in [0.15, 0.2) is 5.69 Å². The summed E-state index contributed by atoms with van der Waals surface area (Å²) >= 11 is 0. The maximum absolute atomic E-state index is 12.3. The highest BCUT2D eigenvalue weighted by Gasteiger charge is 2.20. The molecule has 0 saturated heterocycles. The fourth-order valence-corrected chi connectivity index (χ4v) is 1.06. The number of carbonyl (C=O) groups excluding carboxylic acids is 1. The number of ether oxygens (including phenoxy) is 1. The quantitative estimate of drug-likeness (QED) is 0.771. The van der Waals surface area contributed by atoms with Gasteiger partial charge in [-0.15, -0.1) is 0 Å². The molecule has 0 atom stereocenters. The molecular weight excluding hydrogens is 222 g/mol. The highest BCUT2D eigenvalue weighted by molar-refractivity contribution is 5.90. The van der Waals surface area contributed by atoms with Crippen LogP contribution in [0.5, 0.6) is 5.75 Å². The van der Waals surface area contributed by atoms with E-state index >= 15 is 0 Å². The van der Waals surface area contributed by atoms with E-state index in [0.717, 1.165) is 0 Å². The maximum Gasteiger partial charge on any atom is 0.360 e. The first-order valence-corrected chi connectivity index (χ1v) is 4.42. The van der Waals surface area contributed by atoms with E-state index in [1.165, 1.54) is 0 Å². The van der Waals surface area contributed by atoms with E-state index in [-0.39, 0.29) is 6.61 Å². The van der Waals surface area contributed by atoms with Crippen molar-refractivity contribution in [3.05, 3.63) is 17.3 Å². The number of aromatic nitrogens is 1. The topological polar surface area (TPSA) is 85.4 Å². The number of aromatic hydroxyl groups is 1. The summed E-state index contributed by atoms with van der Waals surface area (Å²) in [6.07, 6.45) is -2.87. The molecule has 0 fully saturated rings. The molecule has 0 radical (unpaired) electrons. The van der Waals surface area contributed by atoms with Gasteiger partial charge < -0.3 is 15.6 Å². The third kappa shape index (κ3) is 2.36. The van der Waals surface area contributed by atoms with Gasteiger partial charge in [0, 0.05) is 0 Å². The van der Waals surface area contributed by atoms with Crippen molar-refractivity contribution in [2.24, 2.45) is 0 Å². The summed E-state index contributed by atoms with van der Waals surface area (Å²) in [5.41, 5.74) is 4.13. The van der Waals surface area contributed by atoms with Crippen molar-refractivity contribution >= 4 is 11.8 Å². The Labute approximate surface area is 89.9 Å². The Bertz CT molecular complexity index is 410. The SMILES string of the molecule is CCOC(=O)c1nc(N)c(C(F)F)cc1O. The third-order valence-electron chi connectivity index (χ3n) is 1.77. The molecule has 1 aromatic heterocycles. The molecule has 0 spiro atoms. The molecule has 3 N–H and O–H groups in total. The number of alkyl halides is 2. The van der Waals surface area contributed by atoms with Crippen LogP contribution in [0.1, 0.15) is 29.4 Å². The summed E-state index contributed by atoms with van der Waals surface area (Å²) in [6.45, 7) is 1.64. The van der Waals surface area contributed by atoms with Gasteiger partial charge in [-0.05, 0) is 13.0 Å². The monoisotopic (exact) mass is 232 g/mol. The summed E-state index contributed by atoms with van der Waals surface area (Å²) in [4.78, 5) is 14.6. The van der Waals surface area contributed by atoms with Gasteiger partial charge in [-0.2, -0.15) is 0 Å². The zero-order valence-electron chi connectivity index (χ0n) is 8.41. The highest BCUT2D eigenvalue weighted by atomic mass is 19.3. The lowest BCUT2D eigenvalue weighted by molar-refractivity contribution is 0.0515. The molecule has 0 aromatic carbocycles. The Morgan fingerprint density at radius 3 is 2.81 bits per heavy atom. The van der Waals surface area contributed by atoms with Crippen LogP contribution in [0, 0.1) is 0 Å². The van der Waals surface area contributed by atoms with Crippen molar-refractivity contribution in [3.8, 4) is 5.75 Å². The van der Waals surface area contributed by atoms with Gasteiger partial charge >= 0.3 is 5.97 Å². The molecule has 1 rings (SSSR count). The lowest BCUT2D eigenvalue weighted by Crippen LogP contribution is -2.10. The van der Waals surface area contributed by atoms with Gasteiger partial charge in [-0.3, -0.25) is 0 Å². The smallest absolute Gasteiger partial charge is 0.360 e. The first-order valence-electron chi connectivity index (χ1n) is 4.42. The fourth-order valence-electron chi connectivity index (χ4n) is 1.06. The standard InChI is InChI=1S/C9H10F2N2O3/c1-2-16-9(15)6-5(14)3-4(7(10)11)8(12)13-6/h3,7,14H,2H2,1H3,(H2,12,13). The zero-order valence-corrected chi connectivity index (χ0v) is 8.41. The van der Waals surface area contributed by atoms with Crippen LogP contribution >= 0.6 is 0 Å². The van der Waals surface area contributed by atoms with E-state index in [0.29, 0.717) is 6.07 Å². The van der Waals surface area contributed by atoms with Crippen LogP contribution < -0.4 is 5.73 Å². The molecule has 0 unspecified atom stereocenters. The minimum Gasteiger partial charge on any atom is -0.505 e. The summed E-state index contributed by atoms with van der Waals surface area (Å²) < 4.78 is 29.2. The van der Waals surface area contributed by atoms with Crippen LogP contribution in [-0.2, 0) is 4.74 Å². The summed E-state index contributed by atoms with van der Waals surface area (Å²) in [7, 11) is 0. The number of pyridine rings is 1. The number of nitrogen functional groups attached to an aromatic ring is 1. The molecule has 0 amide bonds. The van der Waals surface area contributed by atoms with E-state index in [4.69, 9.17) is 5.73 Å².